The van der Waals surface area contributed by atoms with Gasteiger partial charge in [-0.3, -0.25) is 4.79 Å². The number of thiazole rings is 1. The lowest BCUT2D eigenvalue weighted by Gasteiger charge is -2.26. The maximum absolute atomic E-state index is 12.6. The van der Waals surface area contributed by atoms with Crippen molar-refractivity contribution in [2.45, 2.75) is 60.4 Å². The Morgan fingerprint density at radius 2 is 2.04 bits per heavy atom. The summed E-state index contributed by atoms with van der Waals surface area (Å²) in [6.07, 6.45) is 2.46. The predicted molar refractivity (Wildman–Crippen MR) is 97.0 cm³/mol. The zero-order chi connectivity index (χ0) is 18.3. The summed E-state index contributed by atoms with van der Waals surface area (Å²) in [5, 5.41) is 2.44. The highest BCUT2D eigenvalue weighted by Crippen LogP contribution is 2.26. The SMILES string of the molecule is CCCN(Cc1nc(C(=O)OC)cs1)C(=O)CC(C)CC(C)(C)C. The average Bonchev–Trinajstić information content (AvgIpc) is 2.92. The Morgan fingerprint density at radius 3 is 2.58 bits per heavy atom. The van der Waals surface area contributed by atoms with E-state index >= 15 is 0 Å². The summed E-state index contributed by atoms with van der Waals surface area (Å²) in [5.74, 6) is 0.0619. The Morgan fingerprint density at radius 1 is 1.38 bits per heavy atom. The van der Waals surface area contributed by atoms with Crippen molar-refractivity contribution in [2.24, 2.45) is 11.3 Å². The molecule has 5 nitrogen and oxygen atoms in total. The van der Waals surface area contributed by atoms with E-state index in [0.29, 0.717) is 31.1 Å². The maximum Gasteiger partial charge on any atom is 0.357 e. The molecule has 0 aliphatic rings. The number of carbonyl (C=O) groups excluding carboxylic acids is 2. The van der Waals surface area contributed by atoms with Crippen LogP contribution in [0.5, 0.6) is 0 Å². The molecule has 0 saturated heterocycles. The van der Waals surface area contributed by atoms with Gasteiger partial charge in [-0.05, 0) is 24.2 Å². The molecule has 0 spiro atoms. The zero-order valence-electron chi connectivity index (χ0n) is 15.7. The maximum atomic E-state index is 12.6. The first-order valence-electron chi connectivity index (χ1n) is 8.46. The fourth-order valence-electron chi connectivity index (χ4n) is 2.85. The summed E-state index contributed by atoms with van der Waals surface area (Å²) in [5.41, 5.74) is 0.530. The number of rotatable bonds is 8. The number of aromatic nitrogens is 1. The molecular weight excluding hydrogens is 324 g/mol. The van der Waals surface area contributed by atoms with E-state index in [-0.39, 0.29) is 11.3 Å². The molecule has 1 unspecified atom stereocenters. The number of carbonyl (C=O) groups is 2. The minimum absolute atomic E-state index is 0.156. The van der Waals surface area contributed by atoms with Crippen molar-refractivity contribution in [3.05, 3.63) is 16.1 Å². The van der Waals surface area contributed by atoms with Gasteiger partial charge in [0.2, 0.25) is 5.91 Å². The van der Waals surface area contributed by atoms with Crippen molar-refractivity contribution >= 4 is 23.2 Å². The lowest BCUT2D eigenvalue weighted by molar-refractivity contribution is -0.133. The minimum Gasteiger partial charge on any atom is -0.464 e. The standard InChI is InChI=1S/C18H30N2O3S/c1-7-8-20(16(21)9-13(2)10-18(3,4)5)11-15-19-14(12-24-15)17(22)23-6/h12-13H,7-11H2,1-6H3. The molecule has 136 valence electrons. The monoisotopic (exact) mass is 354 g/mol. The molecule has 0 N–H and O–H groups in total. The quantitative estimate of drug-likeness (QED) is 0.659. The van der Waals surface area contributed by atoms with Gasteiger partial charge in [-0.2, -0.15) is 0 Å². The molecule has 6 heteroatoms. The van der Waals surface area contributed by atoms with Crippen molar-refractivity contribution < 1.29 is 14.3 Å². The first kappa shape index (κ1) is 20.6. The molecule has 0 aliphatic heterocycles. The van der Waals surface area contributed by atoms with E-state index in [0.717, 1.165) is 17.8 Å². The van der Waals surface area contributed by atoms with Crippen LogP contribution in [0.15, 0.2) is 5.38 Å². The van der Waals surface area contributed by atoms with Crippen molar-refractivity contribution in [1.29, 1.82) is 0 Å². The Bertz CT molecular complexity index is 549. The topological polar surface area (TPSA) is 59.5 Å². The lowest BCUT2D eigenvalue weighted by Crippen LogP contribution is -2.32. The van der Waals surface area contributed by atoms with Gasteiger partial charge in [-0.15, -0.1) is 11.3 Å². The number of hydrogen-bond donors (Lipinski definition) is 0. The fourth-order valence-corrected chi connectivity index (χ4v) is 3.63. The third-order valence-corrected chi connectivity index (χ3v) is 4.44. The van der Waals surface area contributed by atoms with Gasteiger partial charge in [-0.1, -0.05) is 34.6 Å². The summed E-state index contributed by atoms with van der Waals surface area (Å²) in [7, 11) is 1.34. The van der Waals surface area contributed by atoms with Crippen LogP contribution in [-0.2, 0) is 16.1 Å². The first-order chi connectivity index (χ1) is 11.2. The first-order valence-corrected chi connectivity index (χ1v) is 9.34. The second-order valence-electron chi connectivity index (χ2n) is 7.51. The second-order valence-corrected chi connectivity index (χ2v) is 8.45. The third-order valence-electron chi connectivity index (χ3n) is 3.60. The molecule has 0 radical (unpaired) electrons. The predicted octanol–water partition coefficient (Wildman–Crippen LogP) is 4.13. The molecule has 24 heavy (non-hydrogen) atoms. The van der Waals surface area contributed by atoms with E-state index in [4.69, 9.17) is 0 Å². The van der Waals surface area contributed by atoms with E-state index < -0.39 is 5.97 Å². The van der Waals surface area contributed by atoms with Gasteiger partial charge in [0.15, 0.2) is 5.69 Å². The molecule has 0 saturated carbocycles. The number of nitrogens with zero attached hydrogens (tertiary/aromatic N) is 2. The van der Waals surface area contributed by atoms with E-state index in [1.807, 2.05) is 4.90 Å². The van der Waals surface area contributed by atoms with Crippen LogP contribution >= 0.6 is 11.3 Å². The molecule has 0 bridgehead atoms. The summed E-state index contributed by atoms with van der Waals surface area (Å²) < 4.78 is 4.67. The number of esters is 1. The van der Waals surface area contributed by atoms with Crippen molar-refractivity contribution in [3.63, 3.8) is 0 Å². The van der Waals surface area contributed by atoms with Crippen LogP contribution in [0.25, 0.3) is 0 Å². The molecule has 1 amide bonds. The molecule has 1 atom stereocenters. The smallest absolute Gasteiger partial charge is 0.357 e. The molecule has 0 aliphatic carbocycles. The molecule has 1 heterocycles. The summed E-state index contributed by atoms with van der Waals surface area (Å²) >= 11 is 1.39. The van der Waals surface area contributed by atoms with E-state index in [9.17, 15) is 9.59 Å². The summed E-state index contributed by atoms with van der Waals surface area (Å²) in [6.45, 7) is 11.9. The van der Waals surface area contributed by atoms with Gasteiger partial charge in [0.25, 0.3) is 0 Å². The normalized spacial score (nSPS) is 12.8. The Balaban J connectivity index is 2.70. The van der Waals surface area contributed by atoms with Crippen LogP contribution in [0.2, 0.25) is 0 Å². The van der Waals surface area contributed by atoms with Crippen molar-refractivity contribution in [1.82, 2.24) is 9.88 Å². The number of amides is 1. The molecule has 1 aromatic heterocycles. The zero-order valence-corrected chi connectivity index (χ0v) is 16.5. The van der Waals surface area contributed by atoms with Crippen molar-refractivity contribution in [2.75, 3.05) is 13.7 Å². The van der Waals surface area contributed by atoms with Gasteiger partial charge in [0.1, 0.15) is 5.01 Å². The summed E-state index contributed by atoms with van der Waals surface area (Å²) in [4.78, 5) is 30.3. The highest BCUT2D eigenvalue weighted by atomic mass is 32.1. The number of hydrogen-bond acceptors (Lipinski definition) is 5. The van der Waals surface area contributed by atoms with Gasteiger partial charge < -0.3 is 9.64 Å². The van der Waals surface area contributed by atoms with E-state index in [2.05, 4.69) is 44.3 Å². The van der Waals surface area contributed by atoms with Crippen LogP contribution in [0.1, 0.15) is 69.4 Å². The van der Waals surface area contributed by atoms with Crippen LogP contribution in [0.3, 0.4) is 0 Å². The van der Waals surface area contributed by atoms with Crippen LogP contribution in [-0.4, -0.2) is 35.4 Å². The largest absolute Gasteiger partial charge is 0.464 e. The van der Waals surface area contributed by atoms with Crippen LogP contribution in [0, 0.1) is 11.3 Å². The molecule has 0 fully saturated rings. The molecule has 1 aromatic rings. The molecular formula is C18H30N2O3S. The van der Waals surface area contributed by atoms with Gasteiger partial charge in [0.05, 0.1) is 13.7 Å². The fraction of sp³-hybridized carbons (Fsp3) is 0.722. The average molecular weight is 355 g/mol. The van der Waals surface area contributed by atoms with E-state index in [1.165, 1.54) is 18.4 Å². The van der Waals surface area contributed by atoms with Crippen LogP contribution < -0.4 is 0 Å². The number of ether oxygens (including phenoxy) is 1. The Hall–Kier alpha value is -1.43. The van der Waals surface area contributed by atoms with Gasteiger partial charge >= 0.3 is 5.97 Å². The van der Waals surface area contributed by atoms with Gasteiger partial charge in [-0.25, -0.2) is 9.78 Å². The molecule has 0 aromatic carbocycles. The number of methoxy groups -OCH3 is 1. The second kappa shape index (κ2) is 9.16. The lowest BCUT2D eigenvalue weighted by atomic mass is 9.84. The highest BCUT2D eigenvalue weighted by molar-refractivity contribution is 7.09. The highest BCUT2D eigenvalue weighted by Gasteiger charge is 2.22. The molecule has 1 rings (SSSR count). The van der Waals surface area contributed by atoms with Crippen LogP contribution in [0.4, 0.5) is 0 Å². The minimum atomic E-state index is -0.440. The summed E-state index contributed by atoms with van der Waals surface area (Å²) in [6, 6.07) is 0. The third kappa shape index (κ3) is 6.99. The van der Waals surface area contributed by atoms with E-state index in [1.54, 1.807) is 5.38 Å². The van der Waals surface area contributed by atoms with Gasteiger partial charge in [0, 0.05) is 18.3 Å². The van der Waals surface area contributed by atoms with Crippen molar-refractivity contribution in [3.8, 4) is 0 Å². The Kier molecular flexibility index (Phi) is 7.87. The Labute approximate surface area is 149 Å².